The Morgan fingerprint density at radius 3 is 0.875 bits per heavy atom. The van der Waals surface area contributed by atoms with Gasteiger partial charge < -0.3 is 0 Å². The summed E-state index contributed by atoms with van der Waals surface area (Å²) in [4.78, 5) is 0. The molecule has 0 heteroatoms. The zero-order valence-electron chi connectivity index (χ0n) is 11.1. The van der Waals surface area contributed by atoms with Gasteiger partial charge in [-0.1, -0.05) is 70.6 Å². The van der Waals surface area contributed by atoms with E-state index in [-0.39, 0.29) is 0 Å². The molecule has 94 valence electrons. The van der Waals surface area contributed by atoms with Gasteiger partial charge in [-0.05, 0) is 31.1 Å². The van der Waals surface area contributed by atoms with Gasteiger partial charge in [0, 0.05) is 0 Å². The van der Waals surface area contributed by atoms with E-state index in [2.05, 4.69) is 0 Å². The fourth-order valence-electron chi connectivity index (χ4n) is 3.99. The van der Waals surface area contributed by atoms with Gasteiger partial charge in [-0.2, -0.15) is 0 Å². The second-order valence-corrected chi connectivity index (χ2v) is 6.39. The molecule has 0 aromatic rings. The van der Waals surface area contributed by atoms with E-state index >= 15 is 0 Å². The molecule has 2 fully saturated rings. The van der Waals surface area contributed by atoms with E-state index in [4.69, 9.17) is 0 Å². The number of rotatable bonds is 0. The zero-order valence-corrected chi connectivity index (χ0v) is 11.1. The van der Waals surface area contributed by atoms with Crippen LogP contribution in [-0.2, 0) is 0 Å². The minimum Gasteiger partial charge on any atom is -0.0533 e. The van der Waals surface area contributed by atoms with Crippen LogP contribution < -0.4 is 0 Å². The second-order valence-electron chi connectivity index (χ2n) is 6.39. The highest BCUT2D eigenvalue weighted by Gasteiger charge is 2.29. The van der Waals surface area contributed by atoms with Crippen LogP contribution in [0.4, 0.5) is 0 Å². The quantitative estimate of drug-likeness (QED) is 0.482. The van der Waals surface area contributed by atoms with Gasteiger partial charge in [0.1, 0.15) is 0 Å². The first kappa shape index (κ1) is 12.5. The van der Waals surface area contributed by atoms with Gasteiger partial charge in [-0.25, -0.2) is 0 Å². The Labute approximate surface area is 102 Å². The second kappa shape index (κ2) is 6.67. The smallest absolute Gasteiger partial charge is 0.0297 e. The van der Waals surface area contributed by atoms with Gasteiger partial charge in [0.25, 0.3) is 0 Å². The van der Waals surface area contributed by atoms with Gasteiger partial charge in [0.15, 0.2) is 0 Å². The lowest BCUT2D eigenvalue weighted by Crippen LogP contribution is -2.22. The summed E-state index contributed by atoms with van der Waals surface area (Å²) < 4.78 is 0. The standard InChI is InChI=1S/C16H30/c1-2-5-9-13-16(12-8-4-1)14-10-6-3-7-11-15-16/h1-15H2. The third-order valence-corrected chi connectivity index (χ3v) is 5.08. The Morgan fingerprint density at radius 1 is 0.312 bits per heavy atom. The van der Waals surface area contributed by atoms with E-state index in [0.29, 0.717) is 0 Å². The van der Waals surface area contributed by atoms with Gasteiger partial charge in [0.2, 0.25) is 0 Å². The Kier molecular flexibility index (Phi) is 5.19. The maximum absolute atomic E-state index is 1.56. The van der Waals surface area contributed by atoms with Crippen LogP contribution in [0.3, 0.4) is 0 Å². The third kappa shape index (κ3) is 3.79. The minimum absolute atomic E-state index is 0.796. The molecule has 0 aromatic carbocycles. The van der Waals surface area contributed by atoms with Crippen LogP contribution in [0.2, 0.25) is 0 Å². The van der Waals surface area contributed by atoms with Crippen molar-refractivity contribution in [2.75, 3.05) is 0 Å². The topological polar surface area (TPSA) is 0 Å². The molecule has 0 unspecified atom stereocenters. The van der Waals surface area contributed by atoms with Crippen LogP contribution >= 0.6 is 0 Å². The van der Waals surface area contributed by atoms with E-state index in [9.17, 15) is 0 Å². The monoisotopic (exact) mass is 222 g/mol. The van der Waals surface area contributed by atoms with E-state index in [1.54, 1.807) is 25.7 Å². The van der Waals surface area contributed by atoms with Crippen molar-refractivity contribution in [3.05, 3.63) is 0 Å². The number of hydrogen-bond acceptors (Lipinski definition) is 0. The molecule has 0 bridgehead atoms. The van der Waals surface area contributed by atoms with Crippen molar-refractivity contribution in [2.24, 2.45) is 5.41 Å². The molecule has 0 saturated heterocycles. The van der Waals surface area contributed by atoms with Crippen LogP contribution in [0.15, 0.2) is 0 Å². The highest BCUT2D eigenvalue weighted by Crippen LogP contribution is 2.43. The van der Waals surface area contributed by atoms with Gasteiger partial charge in [-0.3, -0.25) is 0 Å². The van der Waals surface area contributed by atoms with Crippen molar-refractivity contribution in [3.63, 3.8) is 0 Å². The maximum Gasteiger partial charge on any atom is -0.0297 e. The molecule has 0 radical (unpaired) electrons. The molecule has 0 aliphatic heterocycles. The summed E-state index contributed by atoms with van der Waals surface area (Å²) in [6, 6.07) is 0. The summed E-state index contributed by atoms with van der Waals surface area (Å²) in [6.07, 6.45) is 23.0. The molecule has 0 aromatic heterocycles. The number of hydrogen-bond donors (Lipinski definition) is 0. The molecule has 2 aliphatic rings. The normalized spacial score (nSPS) is 28.5. The molecule has 0 N–H and O–H groups in total. The first-order valence-electron chi connectivity index (χ1n) is 7.91. The fourth-order valence-corrected chi connectivity index (χ4v) is 3.99. The predicted molar refractivity (Wildman–Crippen MR) is 71.7 cm³/mol. The fraction of sp³-hybridized carbons (Fsp3) is 1.00. The first-order chi connectivity index (χ1) is 7.91. The molecule has 2 saturated carbocycles. The lowest BCUT2D eigenvalue weighted by molar-refractivity contribution is 0.168. The van der Waals surface area contributed by atoms with Crippen molar-refractivity contribution < 1.29 is 0 Å². The molecule has 0 heterocycles. The summed E-state index contributed by atoms with van der Waals surface area (Å²) in [5, 5.41) is 0. The molecule has 2 aliphatic carbocycles. The van der Waals surface area contributed by atoms with Crippen LogP contribution in [-0.4, -0.2) is 0 Å². The van der Waals surface area contributed by atoms with Crippen LogP contribution in [0.25, 0.3) is 0 Å². The highest BCUT2D eigenvalue weighted by molar-refractivity contribution is 4.81. The van der Waals surface area contributed by atoms with E-state index in [0.717, 1.165) is 5.41 Å². The Bertz CT molecular complexity index is 162. The van der Waals surface area contributed by atoms with Crippen molar-refractivity contribution in [1.29, 1.82) is 0 Å². The molecule has 0 amide bonds. The molecule has 1 spiro atoms. The van der Waals surface area contributed by atoms with Gasteiger partial charge in [0.05, 0.1) is 0 Å². The molecule has 0 atom stereocenters. The van der Waals surface area contributed by atoms with Crippen LogP contribution in [0.5, 0.6) is 0 Å². The minimum atomic E-state index is 0.796. The van der Waals surface area contributed by atoms with Gasteiger partial charge in [-0.15, -0.1) is 0 Å². The Hall–Kier alpha value is 0. The van der Waals surface area contributed by atoms with Crippen molar-refractivity contribution in [1.82, 2.24) is 0 Å². The highest BCUT2D eigenvalue weighted by atomic mass is 14.3. The molecule has 16 heavy (non-hydrogen) atoms. The zero-order chi connectivity index (χ0) is 11.1. The largest absolute Gasteiger partial charge is 0.0533 e. The van der Waals surface area contributed by atoms with E-state index in [1.165, 1.54) is 70.6 Å². The summed E-state index contributed by atoms with van der Waals surface area (Å²) in [5.41, 5.74) is 0.796. The molecular weight excluding hydrogens is 192 g/mol. The summed E-state index contributed by atoms with van der Waals surface area (Å²) in [6.45, 7) is 0. The predicted octanol–water partition coefficient (Wildman–Crippen LogP) is 5.85. The maximum atomic E-state index is 1.56. The average Bonchev–Trinajstić information content (AvgIpc) is 2.37. The van der Waals surface area contributed by atoms with Crippen LogP contribution in [0, 0.1) is 5.41 Å². The SMILES string of the molecule is C1CCCCC2(CCC1)CCCCCCC2. The third-order valence-electron chi connectivity index (χ3n) is 5.08. The van der Waals surface area contributed by atoms with Crippen molar-refractivity contribution in [3.8, 4) is 0 Å². The molecular formula is C16H30. The van der Waals surface area contributed by atoms with Gasteiger partial charge >= 0.3 is 0 Å². The first-order valence-corrected chi connectivity index (χ1v) is 7.91. The van der Waals surface area contributed by atoms with Crippen molar-refractivity contribution in [2.45, 2.75) is 96.3 Å². The summed E-state index contributed by atoms with van der Waals surface area (Å²) in [7, 11) is 0. The van der Waals surface area contributed by atoms with Crippen LogP contribution in [0.1, 0.15) is 96.3 Å². The van der Waals surface area contributed by atoms with E-state index < -0.39 is 0 Å². The lowest BCUT2D eigenvalue weighted by Gasteiger charge is -2.35. The lowest BCUT2D eigenvalue weighted by atomic mass is 9.70. The molecule has 0 nitrogen and oxygen atoms in total. The Morgan fingerprint density at radius 2 is 0.562 bits per heavy atom. The molecule has 2 rings (SSSR count). The Balaban J connectivity index is 1.92. The van der Waals surface area contributed by atoms with Crippen molar-refractivity contribution >= 4 is 0 Å². The van der Waals surface area contributed by atoms with E-state index in [1.807, 2.05) is 0 Å². The summed E-state index contributed by atoms with van der Waals surface area (Å²) in [5.74, 6) is 0. The summed E-state index contributed by atoms with van der Waals surface area (Å²) >= 11 is 0. The average molecular weight is 222 g/mol.